The topological polar surface area (TPSA) is 99.3 Å². The van der Waals surface area contributed by atoms with Gasteiger partial charge in [-0.15, -0.1) is 0 Å². The second-order valence-corrected chi connectivity index (χ2v) is 10.9. The predicted octanol–water partition coefficient (Wildman–Crippen LogP) is 2.36. The van der Waals surface area contributed by atoms with Crippen LogP contribution >= 0.6 is 0 Å². The summed E-state index contributed by atoms with van der Waals surface area (Å²) in [5.41, 5.74) is 2.03. The van der Waals surface area contributed by atoms with Crippen molar-refractivity contribution in [2.24, 2.45) is 5.92 Å². The fraction of sp³-hybridized carbons (Fsp3) is 0.467. The molecule has 3 amide bonds. The van der Waals surface area contributed by atoms with Gasteiger partial charge in [0.05, 0.1) is 25.8 Å². The molecular weight excluding hydrogens is 496 g/mol. The summed E-state index contributed by atoms with van der Waals surface area (Å²) < 4.78 is 5.41. The maximum Gasteiger partial charge on any atom is 0.254 e. The fourth-order valence-electron chi connectivity index (χ4n) is 5.87. The van der Waals surface area contributed by atoms with Crippen molar-refractivity contribution >= 4 is 29.2 Å². The van der Waals surface area contributed by atoms with Crippen molar-refractivity contribution in [2.75, 3.05) is 44.3 Å². The lowest BCUT2D eigenvalue weighted by molar-refractivity contribution is -0.138. The van der Waals surface area contributed by atoms with Gasteiger partial charge in [-0.3, -0.25) is 19.2 Å². The molecule has 0 unspecified atom stereocenters. The Morgan fingerprint density at radius 2 is 1.62 bits per heavy atom. The van der Waals surface area contributed by atoms with Crippen molar-refractivity contribution in [1.82, 2.24) is 15.1 Å². The highest BCUT2D eigenvalue weighted by Crippen LogP contribution is 2.32. The third kappa shape index (κ3) is 5.68. The number of hydrogen-bond donors (Lipinski definition) is 1. The van der Waals surface area contributed by atoms with Gasteiger partial charge in [0, 0.05) is 36.4 Å². The van der Waals surface area contributed by atoms with E-state index in [1.54, 1.807) is 46.2 Å². The largest absolute Gasteiger partial charge is 0.378 e. The van der Waals surface area contributed by atoms with E-state index in [2.05, 4.69) is 10.2 Å². The molecule has 206 valence electrons. The second kappa shape index (κ2) is 11.6. The number of nitrogens with zero attached hydrogens (tertiary/aromatic N) is 3. The summed E-state index contributed by atoms with van der Waals surface area (Å²) in [7, 11) is 0. The molecule has 9 nitrogen and oxygen atoms in total. The van der Waals surface area contributed by atoms with E-state index in [1.807, 2.05) is 32.0 Å². The van der Waals surface area contributed by atoms with Gasteiger partial charge < -0.3 is 24.8 Å². The van der Waals surface area contributed by atoms with Crippen LogP contribution in [0.5, 0.6) is 0 Å². The highest BCUT2D eigenvalue weighted by atomic mass is 16.5. The summed E-state index contributed by atoms with van der Waals surface area (Å²) >= 11 is 0. The molecule has 5 rings (SSSR count). The Balaban J connectivity index is 1.28. The molecule has 0 aromatic heterocycles. The van der Waals surface area contributed by atoms with Crippen molar-refractivity contribution < 1.29 is 23.9 Å². The number of rotatable bonds is 7. The Labute approximate surface area is 229 Å². The van der Waals surface area contributed by atoms with Crippen LogP contribution in [0.25, 0.3) is 0 Å². The Bertz CT molecular complexity index is 1210. The molecule has 3 heterocycles. The first kappa shape index (κ1) is 26.9. The Hall–Kier alpha value is -3.72. The number of benzene rings is 2. The average molecular weight is 533 g/mol. The molecule has 0 bridgehead atoms. The van der Waals surface area contributed by atoms with Gasteiger partial charge in [-0.2, -0.15) is 0 Å². The number of carbonyl (C=O) groups excluding carboxylic acids is 4. The lowest BCUT2D eigenvalue weighted by Gasteiger charge is -2.29. The smallest absolute Gasteiger partial charge is 0.254 e. The van der Waals surface area contributed by atoms with E-state index >= 15 is 0 Å². The minimum atomic E-state index is -0.762. The first-order valence-corrected chi connectivity index (χ1v) is 13.8. The zero-order chi connectivity index (χ0) is 27.5. The van der Waals surface area contributed by atoms with E-state index in [0.29, 0.717) is 43.7 Å². The van der Waals surface area contributed by atoms with Gasteiger partial charge in [0.1, 0.15) is 12.1 Å². The third-order valence-electron chi connectivity index (χ3n) is 7.80. The molecule has 2 aromatic carbocycles. The lowest BCUT2D eigenvalue weighted by Crippen LogP contribution is -2.53. The van der Waals surface area contributed by atoms with E-state index in [1.165, 1.54) is 0 Å². The molecule has 0 spiro atoms. The number of ether oxygens (including phenoxy) is 1. The molecule has 3 atom stereocenters. The minimum Gasteiger partial charge on any atom is -0.378 e. The highest BCUT2D eigenvalue weighted by Gasteiger charge is 2.52. The summed E-state index contributed by atoms with van der Waals surface area (Å²) in [5, 5.41) is 2.94. The quantitative estimate of drug-likeness (QED) is 0.588. The number of ketones is 1. The van der Waals surface area contributed by atoms with Crippen LogP contribution in [0.3, 0.4) is 0 Å². The number of morpholine rings is 1. The molecule has 3 saturated heterocycles. The highest BCUT2D eigenvalue weighted by molar-refractivity contribution is 6.03. The number of Topliss-reactive ketones (excluding diaryl/α,β-unsaturated/α-hetero) is 1. The summed E-state index contributed by atoms with van der Waals surface area (Å²) in [5.74, 6) is -0.771. The average Bonchev–Trinajstić information content (AvgIpc) is 3.54. The van der Waals surface area contributed by atoms with Gasteiger partial charge in [0.25, 0.3) is 11.8 Å². The Kier molecular flexibility index (Phi) is 7.97. The van der Waals surface area contributed by atoms with E-state index < -0.39 is 12.1 Å². The maximum atomic E-state index is 13.8. The Morgan fingerprint density at radius 3 is 2.28 bits per heavy atom. The van der Waals surface area contributed by atoms with Crippen LogP contribution in [-0.4, -0.2) is 90.8 Å². The summed E-state index contributed by atoms with van der Waals surface area (Å²) in [6.07, 6.45) is 0.983. The normalized spacial score (nSPS) is 21.7. The molecule has 3 aliphatic heterocycles. The number of anilines is 1. The molecular formula is C30H36N4O5. The molecule has 0 saturated carbocycles. The predicted molar refractivity (Wildman–Crippen MR) is 147 cm³/mol. The van der Waals surface area contributed by atoms with Crippen LogP contribution in [0.1, 0.15) is 47.4 Å². The van der Waals surface area contributed by atoms with Gasteiger partial charge >= 0.3 is 0 Å². The van der Waals surface area contributed by atoms with Crippen molar-refractivity contribution in [1.29, 1.82) is 0 Å². The van der Waals surface area contributed by atoms with Crippen molar-refractivity contribution in [3.63, 3.8) is 0 Å². The molecule has 39 heavy (non-hydrogen) atoms. The molecule has 0 radical (unpaired) electrons. The number of fused-ring (bicyclic) bond motifs is 1. The monoisotopic (exact) mass is 532 g/mol. The third-order valence-corrected chi connectivity index (χ3v) is 7.80. The number of amides is 3. The van der Waals surface area contributed by atoms with Crippen molar-refractivity contribution in [3.05, 3.63) is 65.7 Å². The zero-order valence-electron chi connectivity index (χ0n) is 22.5. The van der Waals surface area contributed by atoms with Gasteiger partial charge in [-0.1, -0.05) is 32.0 Å². The van der Waals surface area contributed by atoms with Crippen LogP contribution in [0, 0.1) is 5.92 Å². The number of hydrogen-bond acceptors (Lipinski definition) is 6. The molecule has 3 aliphatic rings. The first-order chi connectivity index (χ1) is 18.8. The SMILES string of the molecule is CC(C)C[C@H](NC(=O)c1ccc(N2CCOCC2)cc1)C(=O)N1CC[C@@H]2[C@H]1C(=O)CN2C(=O)c1ccccc1. The molecule has 3 fully saturated rings. The second-order valence-electron chi connectivity index (χ2n) is 10.9. The summed E-state index contributed by atoms with van der Waals surface area (Å²) in [6, 6.07) is 14.5. The molecule has 0 aliphatic carbocycles. The van der Waals surface area contributed by atoms with Gasteiger partial charge in [0.2, 0.25) is 5.91 Å². The Morgan fingerprint density at radius 1 is 0.923 bits per heavy atom. The van der Waals surface area contributed by atoms with E-state index in [4.69, 9.17) is 4.74 Å². The number of carbonyl (C=O) groups is 4. The number of nitrogens with one attached hydrogen (secondary N) is 1. The molecule has 1 N–H and O–H groups in total. The van der Waals surface area contributed by atoms with Gasteiger partial charge in [0.15, 0.2) is 5.78 Å². The van der Waals surface area contributed by atoms with E-state index in [-0.39, 0.29) is 42.0 Å². The van der Waals surface area contributed by atoms with Crippen LogP contribution in [0.15, 0.2) is 54.6 Å². The van der Waals surface area contributed by atoms with Crippen LogP contribution < -0.4 is 10.2 Å². The standard InChI is InChI=1S/C30H36N4O5/c1-20(2)18-24(31-28(36)21-8-10-23(11-9-21)32-14-16-39-17-15-32)30(38)33-13-12-25-27(33)26(35)19-34(25)29(37)22-6-4-3-5-7-22/h3-11,20,24-25,27H,12-19H2,1-2H3,(H,31,36)/t24-,25+,27-/m0/s1. The molecule has 9 heteroatoms. The van der Waals surface area contributed by atoms with Crippen LogP contribution in [-0.2, 0) is 14.3 Å². The summed E-state index contributed by atoms with van der Waals surface area (Å²) in [4.78, 5) is 58.6. The fourth-order valence-corrected chi connectivity index (χ4v) is 5.87. The van der Waals surface area contributed by atoms with Gasteiger partial charge in [-0.25, -0.2) is 0 Å². The van der Waals surface area contributed by atoms with E-state index in [0.717, 1.165) is 18.8 Å². The zero-order valence-corrected chi connectivity index (χ0v) is 22.5. The maximum absolute atomic E-state index is 13.8. The van der Waals surface area contributed by atoms with Crippen molar-refractivity contribution in [2.45, 2.75) is 44.8 Å². The molecule has 2 aromatic rings. The number of likely N-dealkylation sites (tertiary alicyclic amines) is 2. The first-order valence-electron chi connectivity index (χ1n) is 13.8. The van der Waals surface area contributed by atoms with Gasteiger partial charge in [-0.05, 0) is 55.2 Å². The van der Waals surface area contributed by atoms with Crippen molar-refractivity contribution in [3.8, 4) is 0 Å². The van der Waals surface area contributed by atoms with Crippen LogP contribution in [0.2, 0.25) is 0 Å². The van der Waals surface area contributed by atoms with Crippen LogP contribution in [0.4, 0.5) is 5.69 Å². The lowest BCUT2D eigenvalue weighted by atomic mass is 10.0. The summed E-state index contributed by atoms with van der Waals surface area (Å²) in [6.45, 7) is 7.33. The minimum absolute atomic E-state index is 0.0104. The van der Waals surface area contributed by atoms with E-state index in [9.17, 15) is 19.2 Å².